The summed E-state index contributed by atoms with van der Waals surface area (Å²) >= 11 is 0. The Balaban J connectivity index is 1.66. The Labute approximate surface area is 202 Å². The molecule has 2 heterocycles. The van der Waals surface area contributed by atoms with Crippen molar-refractivity contribution < 1.29 is 9.13 Å². The predicted octanol–water partition coefficient (Wildman–Crippen LogP) is 6.69. The second-order valence-electron chi connectivity index (χ2n) is 8.91. The Kier molecular flexibility index (Phi) is 6.05. The van der Waals surface area contributed by atoms with Crippen molar-refractivity contribution in [1.82, 2.24) is 0 Å². The van der Waals surface area contributed by atoms with Crippen LogP contribution in [0.15, 0.2) is 116 Å². The lowest BCUT2D eigenvalue weighted by Crippen LogP contribution is -2.53. The van der Waals surface area contributed by atoms with Crippen LogP contribution in [0.4, 0.5) is 0 Å². The van der Waals surface area contributed by atoms with Crippen molar-refractivity contribution in [2.75, 3.05) is 0 Å². The average molecular weight is 443 g/mol. The second-order valence-corrected chi connectivity index (χ2v) is 8.91. The molecule has 0 saturated heterocycles. The first-order chi connectivity index (χ1) is 16.6. The fourth-order valence-electron chi connectivity index (χ4n) is 4.68. The van der Waals surface area contributed by atoms with Crippen LogP contribution >= 0.6 is 0 Å². The quantitative estimate of drug-likeness (QED) is 0.268. The van der Waals surface area contributed by atoms with Gasteiger partial charge in [0.15, 0.2) is 12.4 Å². The van der Waals surface area contributed by atoms with Crippen LogP contribution in [0, 0.1) is 20.8 Å². The molecule has 2 heteroatoms. The molecule has 0 aliphatic rings. The number of rotatable bonds is 5. The molecule has 2 aromatic heterocycles. The third-order valence-corrected chi connectivity index (χ3v) is 6.58. The van der Waals surface area contributed by atoms with Gasteiger partial charge < -0.3 is 0 Å². The van der Waals surface area contributed by atoms with Crippen molar-refractivity contribution in [2.45, 2.75) is 27.4 Å². The zero-order valence-electron chi connectivity index (χ0n) is 20.1. The summed E-state index contributed by atoms with van der Waals surface area (Å²) in [6.07, 6.45) is 4.40. The number of aromatic nitrogens is 2. The smallest absolute Gasteiger partial charge is 0.139 e. The van der Waals surface area contributed by atoms with Gasteiger partial charge in [-0.2, -0.15) is 0 Å². The first kappa shape index (κ1) is 21.8. The Morgan fingerprint density at radius 3 is 1.59 bits per heavy atom. The molecule has 0 aliphatic heterocycles. The molecule has 0 amide bonds. The van der Waals surface area contributed by atoms with Gasteiger partial charge in [-0.15, -0.1) is 9.13 Å². The molecule has 166 valence electrons. The maximum atomic E-state index is 2.35. The first-order valence-electron chi connectivity index (χ1n) is 11.8. The summed E-state index contributed by atoms with van der Waals surface area (Å²) in [7, 11) is 0. The summed E-state index contributed by atoms with van der Waals surface area (Å²) in [5.74, 6) is 0. The van der Waals surface area contributed by atoms with Crippen LogP contribution in [-0.4, -0.2) is 0 Å². The molecule has 5 rings (SSSR count). The van der Waals surface area contributed by atoms with Crippen LogP contribution < -0.4 is 9.13 Å². The molecule has 0 spiro atoms. The molecule has 3 aromatic carbocycles. The largest absolute Gasteiger partial charge is 0.344 e. The number of aryl methyl sites for hydroxylation is 3. The molecule has 0 saturated carbocycles. The molecular formula is C32H30N2+2. The van der Waals surface area contributed by atoms with Crippen molar-refractivity contribution in [3.8, 4) is 33.6 Å². The van der Waals surface area contributed by atoms with Gasteiger partial charge in [0, 0.05) is 35.4 Å². The molecule has 2 nitrogen and oxygen atoms in total. The highest BCUT2D eigenvalue weighted by Gasteiger charge is 2.23. The Bertz CT molecular complexity index is 1470. The molecule has 0 fully saturated rings. The maximum absolute atomic E-state index is 2.35. The van der Waals surface area contributed by atoms with Gasteiger partial charge in [-0.1, -0.05) is 60.7 Å². The van der Waals surface area contributed by atoms with Crippen LogP contribution in [0.2, 0.25) is 0 Å². The van der Waals surface area contributed by atoms with E-state index in [0.717, 1.165) is 6.67 Å². The van der Waals surface area contributed by atoms with E-state index in [-0.39, 0.29) is 0 Å². The highest BCUT2D eigenvalue weighted by atomic mass is 15.1. The van der Waals surface area contributed by atoms with Crippen molar-refractivity contribution in [3.63, 3.8) is 0 Å². The number of benzene rings is 3. The molecule has 0 bridgehead atoms. The number of nitrogens with zero attached hydrogens (tertiary/aromatic N) is 2. The van der Waals surface area contributed by atoms with Gasteiger partial charge in [0.05, 0.1) is 0 Å². The van der Waals surface area contributed by atoms with E-state index >= 15 is 0 Å². The predicted molar refractivity (Wildman–Crippen MR) is 139 cm³/mol. The SMILES string of the molecule is Cc1ccccc1-c1cc[n+](C[n+]2ccccc2-c2ccccc2C)c(-c2ccccc2C)c1. The summed E-state index contributed by atoms with van der Waals surface area (Å²) in [4.78, 5) is 0. The van der Waals surface area contributed by atoms with Gasteiger partial charge in [-0.05, 0) is 66.8 Å². The van der Waals surface area contributed by atoms with Gasteiger partial charge in [0.2, 0.25) is 11.4 Å². The van der Waals surface area contributed by atoms with Gasteiger partial charge in [0.25, 0.3) is 0 Å². The van der Waals surface area contributed by atoms with Gasteiger partial charge in [0.1, 0.15) is 0 Å². The van der Waals surface area contributed by atoms with E-state index in [0.29, 0.717) is 0 Å². The zero-order valence-corrected chi connectivity index (χ0v) is 20.1. The lowest BCUT2D eigenvalue weighted by molar-refractivity contribution is -0.903. The van der Waals surface area contributed by atoms with Gasteiger partial charge in [-0.3, -0.25) is 0 Å². The number of pyridine rings is 2. The highest BCUT2D eigenvalue weighted by molar-refractivity contribution is 5.72. The van der Waals surface area contributed by atoms with E-state index in [1.165, 1.54) is 50.3 Å². The molecule has 0 aliphatic carbocycles. The lowest BCUT2D eigenvalue weighted by Gasteiger charge is -2.11. The Hall–Kier alpha value is -4.04. The van der Waals surface area contributed by atoms with E-state index in [2.05, 4.69) is 145 Å². The van der Waals surface area contributed by atoms with Crippen molar-refractivity contribution in [3.05, 3.63) is 132 Å². The van der Waals surface area contributed by atoms with Crippen LogP contribution in [-0.2, 0) is 6.67 Å². The minimum Gasteiger partial charge on any atom is -0.139 e. The molecule has 0 radical (unpaired) electrons. The summed E-state index contributed by atoms with van der Waals surface area (Å²) in [6.45, 7) is 7.27. The highest BCUT2D eigenvalue weighted by Crippen LogP contribution is 2.28. The van der Waals surface area contributed by atoms with Gasteiger partial charge in [-0.25, -0.2) is 0 Å². The molecule has 34 heavy (non-hydrogen) atoms. The van der Waals surface area contributed by atoms with E-state index in [4.69, 9.17) is 0 Å². The topological polar surface area (TPSA) is 7.76 Å². The number of hydrogen-bond donors (Lipinski definition) is 0. The molecule has 0 N–H and O–H groups in total. The molecule has 0 unspecified atom stereocenters. The minimum atomic E-state index is 0.724. The normalized spacial score (nSPS) is 10.9. The third kappa shape index (κ3) is 4.27. The zero-order chi connectivity index (χ0) is 23.5. The van der Waals surface area contributed by atoms with Crippen LogP contribution in [0.3, 0.4) is 0 Å². The molecular weight excluding hydrogens is 412 g/mol. The van der Waals surface area contributed by atoms with Crippen molar-refractivity contribution in [2.24, 2.45) is 0 Å². The first-order valence-corrected chi connectivity index (χ1v) is 11.8. The number of hydrogen-bond acceptors (Lipinski definition) is 0. The lowest BCUT2D eigenvalue weighted by atomic mass is 9.98. The minimum absolute atomic E-state index is 0.724. The van der Waals surface area contributed by atoms with E-state index in [1.54, 1.807) is 0 Å². The van der Waals surface area contributed by atoms with E-state index in [9.17, 15) is 0 Å². The summed E-state index contributed by atoms with van der Waals surface area (Å²) < 4.78 is 4.68. The summed E-state index contributed by atoms with van der Waals surface area (Å²) in [6, 6.07) is 36.8. The van der Waals surface area contributed by atoms with Crippen LogP contribution in [0.5, 0.6) is 0 Å². The standard InChI is InChI=1S/C32H30N2/c1-24-12-4-7-15-28(24)27-19-21-34(32(22-27)30-17-9-6-14-26(30)3)23-33-20-11-10-18-31(33)29-16-8-5-13-25(29)2/h4-22H,23H2,1-3H3/q+2. The van der Waals surface area contributed by atoms with Gasteiger partial charge >= 0.3 is 6.67 Å². The fourth-order valence-corrected chi connectivity index (χ4v) is 4.68. The fraction of sp³-hybridized carbons (Fsp3) is 0.125. The van der Waals surface area contributed by atoms with Crippen molar-refractivity contribution >= 4 is 0 Å². The van der Waals surface area contributed by atoms with Crippen LogP contribution in [0.1, 0.15) is 16.7 Å². The molecule has 5 aromatic rings. The summed E-state index contributed by atoms with van der Waals surface area (Å²) in [5.41, 5.74) is 11.3. The van der Waals surface area contributed by atoms with E-state index < -0.39 is 0 Å². The Morgan fingerprint density at radius 1 is 0.471 bits per heavy atom. The molecule has 0 atom stereocenters. The maximum Gasteiger partial charge on any atom is 0.344 e. The second kappa shape index (κ2) is 9.44. The Morgan fingerprint density at radius 2 is 0.971 bits per heavy atom. The monoisotopic (exact) mass is 442 g/mol. The summed E-state index contributed by atoms with van der Waals surface area (Å²) in [5, 5.41) is 0. The van der Waals surface area contributed by atoms with E-state index in [1.807, 2.05) is 0 Å². The van der Waals surface area contributed by atoms with Crippen LogP contribution in [0.25, 0.3) is 33.6 Å². The average Bonchev–Trinajstić information content (AvgIpc) is 2.86. The third-order valence-electron chi connectivity index (χ3n) is 6.58. The van der Waals surface area contributed by atoms with Crippen molar-refractivity contribution in [1.29, 1.82) is 0 Å².